The van der Waals surface area contributed by atoms with Gasteiger partial charge in [-0.05, 0) is 49.9 Å². The van der Waals surface area contributed by atoms with Crippen LogP contribution in [0.2, 0.25) is 0 Å². The molecule has 3 rings (SSSR count). The van der Waals surface area contributed by atoms with Crippen LogP contribution >= 0.6 is 0 Å². The fourth-order valence-electron chi connectivity index (χ4n) is 3.13. The molecule has 4 nitrogen and oxygen atoms in total. The van der Waals surface area contributed by atoms with Crippen molar-refractivity contribution in [3.05, 3.63) is 29.8 Å². The molecule has 22 heavy (non-hydrogen) atoms. The lowest BCUT2D eigenvalue weighted by Crippen LogP contribution is -2.36. The molecule has 1 aliphatic carbocycles. The van der Waals surface area contributed by atoms with Gasteiger partial charge in [0.2, 0.25) is 0 Å². The van der Waals surface area contributed by atoms with Gasteiger partial charge in [0.1, 0.15) is 0 Å². The molecule has 1 saturated carbocycles. The van der Waals surface area contributed by atoms with Gasteiger partial charge < -0.3 is 14.7 Å². The summed E-state index contributed by atoms with van der Waals surface area (Å²) in [7, 11) is 0. The summed E-state index contributed by atoms with van der Waals surface area (Å²) in [5.41, 5.74) is 2.71. The van der Waals surface area contributed by atoms with Crippen LogP contribution in [0.1, 0.15) is 31.2 Å². The highest BCUT2D eigenvalue weighted by molar-refractivity contribution is 5.47. The molecular formula is C18H28N2O2. The SMILES string of the molecule is OCCCCN(Cc1ccc(N2CCOCC2)cc1)C1CC1. The first-order valence-corrected chi connectivity index (χ1v) is 8.63. The Morgan fingerprint density at radius 2 is 1.82 bits per heavy atom. The Morgan fingerprint density at radius 3 is 2.45 bits per heavy atom. The first-order valence-electron chi connectivity index (χ1n) is 8.63. The van der Waals surface area contributed by atoms with Crippen LogP contribution in [0.3, 0.4) is 0 Å². The summed E-state index contributed by atoms with van der Waals surface area (Å²) in [6.45, 7) is 6.12. The zero-order valence-electron chi connectivity index (χ0n) is 13.4. The van der Waals surface area contributed by atoms with E-state index in [0.717, 1.165) is 58.3 Å². The average Bonchev–Trinajstić information content (AvgIpc) is 3.40. The third-order valence-electron chi connectivity index (χ3n) is 4.61. The first kappa shape index (κ1) is 15.8. The van der Waals surface area contributed by atoms with Gasteiger partial charge in [0.15, 0.2) is 0 Å². The quantitative estimate of drug-likeness (QED) is 0.747. The lowest BCUT2D eigenvalue weighted by molar-refractivity contribution is 0.122. The van der Waals surface area contributed by atoms with Crippen molar-refractivity contribution in [2.75, 3.05) is 44.4 Å². The van der Waals surface area contributed by atoms with Crippen LogP contribution in [0.25, 0.3) is 0 Å². The largest absolute Gasteiger partial charge is 0.396 e. The molecule has 1 N–H and O–H groups in total. The van der Waals surface area contributed by atoms with Gasteiger partial charge in [-0.25, -0.2) is 0 Å². The second-order valence-corrected chi connectivity index (χ2v) is 6.40. The number of aliphatic hydroxyl groups is 1. The number of hydrogen-bond donors (Lipinski definition) is 1. The minimum atomic E-state index is 0.312. The number of unbranched alkanes of at least 4 members (excludes halogenated alkanes) is 1. The van der Waals surface area contributed by atoms with E-state index < -0.39 is 0 Å². The van der Waals surface area contributed by atoms with Crippen molar-refractivity contribution < 1.29 is 9.84 Å². The van der Waals surface area contributed by atoms with Crippen LogP contribution in [0, 0.1) is 0 Å². The molecule has 122 valence electrons. The number of benzene rings is 1. The Kier molecular flexibility index (Phi) is 5.70. The van der Waals surface area contributed by atoms with Crippen molar-refractivity contribution >= 4 is 5.69 Å². The molecule has 2 aliphatic rings. The molecule has 0 spiro atoms. The molecule has 0 amide bonds. The topological polar surface area (TPSA) is 35.9 Å². The lowest BCUT2D eigenvalue weighted by Gasteiger charge is -2.29. The van der Waals surface area contributed by atoms with Crippen LogP contribution in [-0.2, 0) is 11.3 Å². The number of morpholine rings is 1. The van der Waals surface area contributed by atoms with E-state index in [1.165, 1.54) is 24.1 Å². The lowest BCUT2D eigenvalue weighted by atomic mass is 10.1. The molecule has 0 atom stereocenters. The van der Waals surface area contributed by atoms with Crippen LogP contribution in [0.15, 0.2) is 24.3 Å². The third kappa shape index (κ3) is 4.45. The summed E-state index contributed by atoms with van der Waals surface area (Å²) >= 11 is 0. The van der Waals surface area contributed by atoms with Gasteiger partial charge >= 0.3 is 0 Å². The Bertz CT molecular complexity index is 439. The van der Waals surface area contributed by atoms with Gasteiger partial charge in [-0.1, -0.05) is 12.1 Å². The summed E-state index contributed by atoms with van der Waals surface area (Å²) in [4.78, 5) is 4.98. The van der Waals surface area contributed by atoms with Crippen molar-refractivity contribution in [2.45, 2.75) is 38.3 Å². The minimum Gasteiger partial charge on any atom is -0.396 e. The predicted octanol–water partition coefficient (Wildman–Crippen LogP) is 2.26. The van der Waals surface area contributed by atoms with Gasteiger partial charge in [0.25, 0.3) is 0 Å². The molecule has 0 unspecified atom stereocenters. The molecule has 1 heterocycles. The molecule has 1 aromatic rings. The Balaban J connectivity index is 1.54. The molecule has 2 fully saturated rings. The average molecular weight is 304 g/mol. The molecular weight excluding hydrogens is 276 g/mol. The fraction of sp³-hybridized carbons (Fsp3) is 0.667. The Hall–Kier alpha value is -1.10. The van der Waals surface area contributed by atoms with E-state index in [1.54, 1.807) is 0 Å². The Labute approximate surface area is 133 Å². The van der Waals surface area contributed by atoms with E-state index in [9.17, 15) is 0 Å². The van der Waals surface area contributed by atoms with Gasteiger partial charge in [-0.2, -0.15) is 0 Å². The molecule has 1 saturated heterocycles. The fourth-order valence-corrected chi connectivity index (χ4v) is 3.13. The number of ether oxygens (including phenoxy) is 1. The highest BCUT2D eigenvalue weighted by atomic mass is 16.5. The van der Waals surface area contributed by atoms with Crippen LogP contribution in [0.4, 0.5) is 5.69 Å². The van der Waals surface area contributed by atoms with E-state index in [-0.39, 0.29) is 0 Å². The molecule has 1 aromatic carbocycles. The summed E-state index contributed by atoms with van der Waals surface area (Å²) in [6.07, 6.45) is 4.69. The molecule has 0 radical (unpaired) electrons. The predicted molar refractivity (Wildman–Crippen MR) is 89.2 cm³/mol. The van der Waals surface area contributed by atoms with Crippen LogP contribution < -0.4 is 4.90 Å². The minimum absolute atomic E-state index is 0.312. The molecule has 1 aliphatic heterocycles. The summed E-state index contributed by atoms with van der Waals surface area (Å²) in [5.74, 6) is 0. The van der Waals surface area contributed by atoms with E-state index >= 15 is 0 Å². The number of rotatable bonds is 8. The van der Waals surface area contributed by atoms with Crippen molar-refractivity contribution in [3.8, 4) is 0 Å². The smallest absolute Gasteiger partial charge is 0.0642 e. The van der Waals surface area contributed by atoms with Crippen molar-refractivity contribution in [2.24, 2.45) is 0 Å². The van der Waals surface area contributed by atoms with Crippen LogP contribution in [-0.4, -0.2) is 55.5 Å². The summed E-state index contributed by atoms with van der Waals surface area (Å²) in [6, 6.07) is 9.81. The Morgan fingerprint density at radius 1 is 1.09 bits per heavy atom. The van der Waals surface area contributed by atoms with Gasteiger partial charge in [0, 0.05) is 38.0 Å². The van der Waals surface area contributed by atoms with Crippen molar-refractivity contribution in [1.29, 1.82) is 0 Å². The van der Waals surface area contributed by atoms with E-state index in [2.05, 4.69) is 34.1 Å². The van der Waals surface area contributed by atoms with Crippen molar-refractivity contribution in [3.63, 3.8) is 0 Å². The third-order valence-corrected chi connectivity index (χ3v) is 4.61. The van der Waals surface area contributed by atoms with Crippen LogP contribution in [0.5, 0.6) is 0 Å². The number of nitrogens with zero attached hydrogens (tertiary/aromatic N) is 2. The van der Waals surface area contributed by atoms with E-state index in [1.807, 2.05) is 0 Å². The standard InChI is InChI=1S/C18H28N2O2/c21-12-2-1-9-20(18-7-8-18)15-16-3-5-17(6-4-16)19-10-13-22-14-11-19/h3-6,18,21H,1-2,7-15H2. The molecule has 4 heteroatoms. The van der Waals surface area contributed by atoms with E-state index in [0.29, 0.717) is 6.61 Å². The van der Waals surface area contributed by atoms with Gasteiger partial charge in [0.05, 0.1) is 13.2 Å². The highest BCUT2D eigenvalue weighted by Crippen LogP contribution is 2.29. The van der Waals surface area contributed by atoms with Crippen molar-refractivity contribution in [1.82, 2.24) is 4.90 Å². The first-order chi connectivity index (χ1) is 10.9. The maximum absolute atomic E-state index is 8.95. The van der Waals surface area contributed by atoms with Gasteiger partial charge in [-0.15, -0.1) is 0 Å². The second-order valence-electron chi connectivity index (χ2n) is 6.40. The zero-order valence-corrected chi connectivity index (χ0v) is 13.4. The highest BCUT2D eigenvalue weighted by Gasteiger charge is 2.28. The molecule has 0 bridgehead atoms. The number of aliphatic hydroxyl groups excluding tert-OH is 1. The normalized spacial score (nSPS) is 18.9. The summed E-state index contributed by atoms with van der Waals surface area (Å²) < 4.78 is 5.41. The summed E-state index contributed by atoms with van der Waals surface area (Å²) in [5, 5.41) is 8.95. The molecule has 0 aromatic heterocycles. The monoisotopic (exact) mass is 304 g/mol. The second kappa shape index (κ2) is 7.95. The maximum atomic E-state index is 8.95. The number of hydrogen-bond acceptors (Lipinski definition) is 4. The zero-order chi connectivity index (χ0) is 15.2. The van der Waals surface area contributed by atoms with Gasteiger partial charge in [-0.3, -0.25) is 4.90 Å². The number of anilines is 1. The maximum Gasteiger partial charge on any atom is 0.0642 e. The van der Waals surface area contributed by atoms with E-state index in [4.69, 9.17) is 9.84 Å².